The Morgan fingerprint density at radius 3 is 2.74 bits per heavy atom. The minimum atomic E-state index is -0.545. The second-order valence-corrected chi connectivity index (χ2v) is 9.93. The van der Waals surface area contributed by atoms with Gasteiger partial charge in [0.15, 0.2) is 16.9 Å². The van der Waals surface area contributed by atoms with Crippen molar-refractivity contribution in [2.75, 3.05) is 13.2 Å². The number of fused-ring (bicyclic) bond motifs is 2. The molecule has 0 N–H and O–H groups in total. The van der Waals surface area contributed by atoms with Gasteiger partial charge in [-0.1, -0.05) is 11.6 Å². The van der Waals surface area contributed by atoms with E-state index < -0.39 is 6.10 Å². The third-order valence-electron chi connectivity index (χ3n) is 6.84. The molecule has 190 valence electrons. The summed E-state index contributed by atoms with van der Waals surface area (Å²) < 4.78 is 19.8. The molecule has 1 saturated heterocycles. The minimum Gasteiger partial charge on any atom is -0.483 e. The van der Waals surface area contributed by atoms with Gasteiger partial charge < -0.3 is 13.9 Å². The Morgan fingerprint density at radius 1 is 1.18 bits per heavy atom. The van der Waals surface area contributed by atoms with Crippen LogP contribution in [0.3, 0.4) is 0 Å². The molecule has 0 aliphatic carbocycles. The highest BCUT2D eigenvalue weighted by atomic mass is 35.5. The van der Waals surface area contributed by atoms with E-state index in [0.29, 0.717) is 46.8 Å². The van der Waals surface area contributed by atoms with E-state index in [0.717, 1.165) is 22.0 Å². The number of rotatable bonds is 5. The number of ether oxygens (including phenoxy) is 2. The molecule has 5 aromatic rings. The summed E-state index contributed by atoms with van der Waals surface area (Å²) in [5, 5.41) is 15.8. The van der Waals surface area contributed by atoms with Crippen LogP contribution in [0.4, 0.5) is 0 Å². The normalized spacial score (nSPS) is 14.4. The van der Waals surface area contributed by atoms with E-state index >= 15 is 0 Å². The first-order chi connectivity index (χ1) is 18.3. The fraction of sp³-hybridized carbons (Fsp3) is 0.241. The van der Waals surface area contributed by atoms with Crippen LogP contribution in [-0.2, 0) is 4.74 Å². The summed E-state index contributed by atoms with van der Waals surface area (Å²) in [6.07, 6.45) is 1.45. The third-order valence-corrected chi connectivity index (χ3v) is 7.05. The first-order valence-corrected chi connectivity index (χ1v) is 12.6. The first kappa shape index (κ1) is 24.2. The number of benzene rings is 2. The lowest BCUT2D eigenvalue weighted by Crippen LogP contribution is -2.30. The predicted molar refractivity (Wildman–Crippen MR) is 144 cm³/mol. The Kier molecular flexibility index (Phi) is 5.90. The van der Waals surface area contributed by atoms with Gasteiger partial charge in [0.05, 0.1) is 30.2 Å². The molecular formula is C29H23ClN4O4. The van der Waals surface area contributed by atoms with Crippen LogP contribution in [0.5, 0.6) is 5.75 Å². The minimum absolute atomic E-state index is 0.0848. The lowest BCUT2D eigenvalue weighted by molar-refractivity contribution is -0.0283. The zero-order valence-electron chi connectivity index (χ0n) is 21.0. The Hall–Kier alpha value is -4.19. The van der Waals surface area contributed by atoms with E-state index in [1.54, 1.807) is 19.1 Å². The average Bonchev–Trinajstić information content (AvgIpc) is 3.28. The summed E-state index contributed by atoms with van der Waals surface area (Å²) in [5.41, 5.74) is 4.18. The molecular weight excluding hydrogens is 504 g/mol. The zero-order valence-corrected chi connectivity index (χ0v) is 21.7. The van der Waals surface area contributed by atoms with Crippen LogP contribution in [0.25, 0.3) is 33.2 Å². The van der Waals surface area contributed by atoms with Crippen molar-refractivity contribution in [2.24, 2.45) is 0 Å². The van der Waals surface area contributed by atoms with Crippen molar-refractivity contribution in [1.29, 1.82) is 5.26 Å². The van der Waals surface area contributed by atoms with E-state index in [4.69, 9.17) is 25.5 Å². The van der Waals surface area contributed by atoms with Gasteiger partial charge in [-0.2, -0.15) is 10.4 Å². The third kappa shape index (κ3) is 4.10. The van der Waals surface area contributed by atoms with Crippen LogP contribution in [0.15, 0.2) is 57.9 Å². The maximum atomic E-state index is 13.6. The van der Waals surface area contributed by atoms with Crippen molar-refractivity contribution in [3.63, 3.8) is 0 Å². The smallest absolute Gasteiger partial charge is 0.196 e. The average molecular weight is 527 g/mol. The van der Waals surface area contributed by atoms with E-state index in [9.17, 15) is 10.1 Å². The molecule has 1 aliphatic rings. The second kappa shape index (κ2) is 9.28. The number of hydrogen-bond acceptors (Lipinski definition) is 7. The van der Waals surface area contributed by atoms with Crippen LogP contribution in [-0.4, -0.2) is 28.0 Å². The molecule has 3 aromatic heterocycles. The number of halogens is 1. The highest BCUT2D eigenvalue weighted by Gasteiger charge is 2.23. The molecule has 0 bridgehead atoms. The van der Waals surface area contributed by atoms with Crippen molar-refractivity contribution in [2.45, 2.75) is 32.9 Å². The molecule has 0 radical (unpaired) electrons. The van der Waals surface area contributed by atoms with E-state index in [2.05, 4.69) is 10.1 Å². The van der Waals surface area contributed by atoms with Crippen LogP contribution in [0, 0.1) is 25.2 Å². The second-order valence-electron chi connectivity index (χ2n) is 9.54. The molecule has 1 fully saturated rings. The van der Waals surface area contributed by atoms with Crippen LogP contribution < -0.4 is 10.2 Å². The summed E-state index contributed by atoms with van der Waals surface area (Å²) in [6.45, 7) is 6.85. The van der Waals surface area contributed by atoms with Crippen molar-refractivity contribution in [3.8, 4) is 23.1 Å². The predicted octanol–water partition coefficient (Wildman–Crippen LogP) is 6.06. The standard InChI is InChI=1S/C29H23ClN4O4/c1-15-8-21(17(3)37-25-6-7-26(30)32-24(25)11-31)29-22(9-15)27(35)16(2)28(38-29)18-4-5-23-19(10-18)12-34(33-23)20-13-36-14-20/h4-10,12,17,20H,13-14H2,1-3H3/t17-/m1/s1. The van der Waals surface area contributed by atoms with Crippen molar-refractivity contribution in [3.05, 3.63) is 86.4 Å². The van der Waals surface area contributed by atoms with E-state index in [-0.39, 0.29) is 22.3 Å². The fourth-order valence-electron chi connectivity index (χ4n) is 4.75. The highest BCUT2D eigenvalue weighted by molar-refractivity contribution is 6.29. The largest absolute Gasteiger partial charge is 0.483 e. The number of aryl methyl sites for hydroxylation is 1. The van der Waals surface area contributed by atoms with Gasteiger partial charge in [0.25, 0.3) is 0 Å². The van der Waals surface area contributed by atoms with Gasteiger partial charge in [0.1, 0.15) is 28.7 Å². The number of aromatic nitrogens is 3. The van der Waals surface area contributed by atoms with Gasteiger partial charge in [-0.3, -0.25) is 9.48 Å². The topological polar surface area (TPSA) is 103 Å². The van der Waals surface area contributed by atoms with E-state index in [1.165, 1.54) is 0 Å². The maximum absolute atomic E-state index is 13.6. The summed E-state index contributed by atoms with van der Waals surface area (Å²) in [5.74, 6) is 0.792. The van der Waals surface area contributed by atoms with Crippen molar-refractivity contribution >= 4 is 33.5 Å². The Balaban J connectivity index is 1.46. The molecule has 6 rings (SSSR count). The highest BCUT2D eigenvalue weighted by Crippen LogP contribution is 2.34. The van der Waals surface area contributed by atoms with Crippen LogP contribution >= 0.6 is 11.6 Å². The monoisotopic (exact) mass is 526 g/mol. The fourth-order valence-corrected chi connectivity index (χ4v) is 4.89. The van der Waals surface area contributed by atoms with E-state index in [1.807, 2.05) is 61.1 Å². The number of nitriles is 1. The molecule has 0 amide bonds. The van der Waals surface area contributed by atoms with Crippen LogP contribution in [0.1, 0.15) is 41.5 Å². The first-order valence-electron chi connectivity index (χ1n) is 12.2. The molecule has 8 nitrogen and oxygen atoms in total. The Morgan fingerprint density at radius 2 is 2.00 bits per heavy atom. The van der Waals surface area contributed by atoms with Gasteiger partial charge in [-0.05, 0) is 68.8 Å². The molecule has 0 spiro atoms. The number of nitrogens with zero attached hydrogens (tertiary/aromatic N) is 4. The molecule has 0 saturated carbocycles. The molecule has 2 aromatic carbocycles. The summed E-state index contributed by atoms with van der Waals surface area (Å²) in [4.78, 5) is 17.6. The van der Waals surface area contributed by atoms with Gasteiger partial charge in [-0.25, -0.2) is 4.98 Å². The Labute approximate surface area is 223 Å². The van der Waals surface area contributed by atoms with Gasteiger partial charge in [0, 0.05) is 28.3 Å². The SMILES string of the molecule is Cc1cc([C@@H](C)Oc2ccc(Cl)nc2C#N)c2oc(-c3ccc4nn(C5COC5)cc4c3)c(C)c(=O)c2c1. The number of hydrogen-bond donors (Lipinski definition) is 0. The molecule has 0 unspecified atom stereocenters. The molecule has 38 heavy (non-hydrogen) atoms. The summed E-state index contributed by atoms with van der Waals surface area (Å²) in [7, 11) is 0. The van der Waals surface area contributed by atoms with Gasteiger partial charge in [-0.15, -0.1) is 0 Å². The molecule has 9 heteroatoms. The zero-order chi connectivity index (χ0) is 26.6. The molecule has 4 heterocycles. The lowest BCUT2D eigenvalue weighted by atomic mass is 9.99. The molecule has 1 atom stereocenters. The lowest BCUT2D eigenvalue weighted by Gasteiger charge is -2.25. The molecule has 1 aliphatic heterocycles. The summed E-state index contributed by atoms with van der Waals surface area (Å²) >= 11 is 5.94. The maximum Gasteiger partial charge on any atom is 0.196 e. The summed E-state index contributed by atoms with van der Waals surface area (Å²) in [6, 6.07) is 15.0. The van der Waals surface area contributed by atoms with Crippen LogP contribution in [0.2, 0.25) is 5.15 Å². The van der Waals surface area contributed by atoms with Crippen molar-refractivity contribution in [1.82, 2.24) is 14.8 Å². The quantitative estimate of drug-likeness (QED) is 0.256. The van der Waals surface area contributed by atoms with Gasteiger partial charge >= 0.3 is 0 Å². The number of pyridine rings is 1. The van der Waals surface area contributed by atoms with Gasteiger partial charge in [0.2, 0.25) is 0 Å². The van der Waals surface area contributed by atoms with Crippen molar-refractivity contribution < 1.29 is 13.9 Å². The Bertz CT molecular complexity index is 1830.